The molecule has 1 amide bonds. The second-order valence-corrected chi connectivity index (χ2v) is 11.8. The Morgan fingerprint density at radius 3 is 2.09 bits per heavy atom. The summed E-state index contributed by atoms with van der Waals surface area (Å²) in [6.45, 7) is 4.73. The highest BCUT2D eigenvalue weighted by Crippen LogP contribution is 2.44. The number of alkyl carbamates (subject to hydrolysis) is 1. The molecule has 12 nitrogen and oxygen atoms in total. The Hall–Kier alpha value is -4.43. The molecular weight excluding hydrogens is 592 g/mol. The number of rotatable bonds is 10. The van der Waals surface area contributed by atoms with Crippen molar-refractivity contribution in [2.24, 2.45) is 0 Å². The summed E-state index contributed by atoms with van der Waals surface area (Å²) >= 11 is 0.385. The number of carboxylic acid groups (broad SMARTS) is 1. The van der Waals surface area contributed by atoms with E-state index in [2.05, 4.69) is 5.32 Å². The normalized spacial score (nSPS) is 14.4. The molecule has 44 heavy (non-hydrogen) atoms. The van der Waals surface area contributed by atoms with Gasteiger partial charge in [0, 0.05) is 17.7 Å². The van der Waals surface area contributed by atoms with Crippen molar-refractivity contribution >= 4 is 40.8 Å². The smallest absolute Gasteiger partial charge is 0.407 e. The van der Waals surface area contributed by atoms with Gasteiger partial charge in [-0.1, -0.05) is 60.7 Å². The Balaban J connectivity index is 1.39. The summed E-state index contributed by atoms with van der Waals surface area (Å²) in [6, 6.07) is 19.4. The summed E-state index contributed by atoms with van der Waals surface area (Å²) in [5.74, 6) is -3.15. The standard InChI is InChI=1S/C31H32N2O10S/c1-31(2,3)43-28(36)26(22-14-8-9-15-25(22)33(39)40)42-30(38)44-17-24(27(34)35)32-29(37)41-16-23-20-12-6-4-10-18(20)19-11-5-7-13-21(19)23/h4-15,23-24,26,33,39H,16-17H2,1-3H3,(H,32,37)(H,34,35)/t24-,26?/m0/s1. The zero-order chi connectivity index (χ0) is 32.0. The van der Waals surface area contributed by atoms with E-state index >= 15 is 0 Å². The molecule has 0 heterocycles. The number of amides is 1. The Kier molecular flexibility index (Phi) is 10.3. The van der Waals surface area contributed by atoms with Crippen LogP contribution in [0.2, 0.25) is 0 Å². The molecule has 0 fully saturated rings. The first kappa shape index (κ1) is 32.5. The van der Waals surface area contributed by atoms with Gasteiger partial charge in [-0.15, -0.1) is 0 Å². The lowest BCUT2D eigenvalue weighted by molar-refractivity contribution is -0.991. The van der Waals surface area contributed by atoms with Crippen LogP contribution in [0.5, 0.6) is 0 Å². The molecule has 0 aliphatic heterocycles. The van der Waals surface area contributed by atoms with Crippen LogP contribution in [0, 0.1) is 5.21 Å². The number of nitrogens with one attached hydrogen (secondary N) is 2. The first-order valence-corrected chi connectivity index (χ1v) is 14.6. The van der Waals surface area contributed by atoms with E-state index in [1.165, 1.54) is 24.3 Å². The quantitative estimate of drug-likeness (QED) is 0.143. The van der Waals surface area contributed by atoms with E-state index in [1.807, 2.05) is 48.5 Å². The van der Waals surface area contributed by atoms with Gasteiger partial charge in [0.1, 0.15) is 18.2 Å². The van der Waals surface area contributed by atoms with Gasteiger partial charge in [-0.25, -0.2) is 24.4 Å². The molecule has 3 aromatic rings. The highest BCUT2D eigenvalue weighted by atomic mass is 32.2. The lowest BCUT2D eigenvalue weighted by Gasteiger charge is -2.25. The van der Waals surface area contributed by atoms with E-state index in [9.17, 15) is 34.7 Å². The van der Waals surface area contributed by atoms with Crippen LogP contribution < -0.4 is 10.5 Å². The highest BCUT2D eigenvalue weighted by molar-refractivity contribution is 8.13. The maximum atomic E-state index is 12.9. The second kappa shape index (κ2) is 13.9. The monoisotopic (exact) mass is 624 g/mol. The maximum Gasteiger partial charge on any atom is 0.407 e. The Labute approximate surface area is 257 Å². The van der Waals surface area contributed by atoms with Gasteiger partial charge in [-0.2, -0.15) is 5.23 Å². The van der Waals surface area contributed by atoms with Gasteiger partial charge in [-0.05, 0) is 60.9 Å². The fourth-order valence-electron chi connectivity index (χ4n) is 4.75. The summed E-state index contributed by atoms with van der Waals surface area (Å²) in [5, 5.41) is 30.8. The zero-order valence-electron chi connectivity index (χ0n) is 24.1. The zero-order valence-corrected chi connectivity index (χ0v) is 25.0. The first-order chi connectivity index (χ1) is 20.9. The van der Waals surface area contributed by atoms with E-state index in [1.54, 1.807) is 20.8 Å². The van der Waals surface area contributed by atoms with Gasteiger partial charge >= 0.3 is 23.3 Å². The fourth-order valence-corrected chi connectivity index (χ4v) is 5.45. The Bertz CT molecular complexity index is 1490. The molecule has 2 unspecified atom stereocenters. The number of para-hydroxylation sites is 1. The number of hydrogen-bond donors (Lipinski definition) is 4. The third-order valence-corrected chi connectivity index (χ3v) is 7.44. The Morgan fingerprint density at radius 2 is 1.52 bits per heavy atom. The molecule has 0 bridgehead atoms. The van der Waals surface area contributed by atoms with E-state index in [-0.39, 0.29) is 23.8 Å². The fraction of sp³-hybridized carbons (Fsp3) is 0.290. The molecule has 4 rings (SSSR count). The van der Waals surface area contributed by atoms with Gasteiger partial charge in [-0.3, -0.25) is 0 Å². The number of carboxylic acids is 1. The van der Waals surface area contributed by atoms with Crippen molar-refractivity contribution in [3.63, 3.8) is 0 Å². The molecule has 4 N–H and O–H groups in total. The largest absolute Gasteiger partial charge is 0.595 e. The van der Waals surface area contributed by atoms with Gasteiger partial charge in [0.15, 0.2) is 5.69 Å². The number of carbonyl (C=O) groups is 4. The summed E-state index contributed by atoms with van der Waals surface area (Å²) in [7, 11) is 0. The number of fused-ring (bicyclic) bond motifs is 3. The minimum absolute atomic E-state index is 0.0397. The molecule has 0 spiro atoms. The molecule has 1 aliphatic carbocycles. The molecule has 0 aromatic heterocycles. The number of carbonyl (C=O) groups excluding carboxylic acids is 3. The van der Waals surface area contributed by atoms with Gasteiger partial charge < -0.3 is 29.8 Å². The van der Waals surface area contributed by atoms with E-state index in [0.29, 0.717) is 11.8 Å². The lowest BCUT2D eigenvalue weighted by Crippen LogP contribution is -2.99. The predicted molar refractivity (Wildman–Crippen MR) is 159 cm³/mol. The van der Waals surface area contributed by atoms with Crippen molar-refractivity contribution < 1.29 is 48.9 Å². The SMILES string of the molecule is CC(C)(C)OC(=O)C(OC(=O)SC[C@H](NC(=O)OCC1c2ccccc2-c2ccccc21)C(=O)O)c1ccccc1[NH+]([O-])O. The van der Waals surface area contributed by atoms with Crippen molar-refractivity contribution in [1.82, 2.24) is 5.32 Å². The number of quaternary nitrogens is 1. The third-order valence-electron chi connectivity index (χ3n) is 6.61. The molecule has 0 saturated heterocycles. The van der Waals surface area contributed by atoms with Crippen LogP contribution in [-0.2, 0) is 23.8 Å². The van der Waals surface area contributed by atoms with Crippen molar-refractivity contribution in [1.29, 1.82) is 0 Å². The van der Waals surface area contributed by atoms with Crippen LogP contribution in [-0.4, -0.2) is 57.6 Å². The number of ether oxygens (including phenoxy) is 3. The van der Waals surface area contributed by atoms with Crippen LogP contribution in [0.3, 0.4) is 0 Å². The lowest BCUT2D eigenvalue weighted by atomic mass is 9.98. The second-order valence-electron chi connectivity index (χ2n) is 10.8. The van der Waals surface area contributed by atoms with E-state index < -0.39 is 52.1 Å². The first-order valence-electron chi connectivity index (χ1n) is 13.6. The number of thioether (sulfide) groups is 1. The summed E-state index contributed by atoms with van der Waals surface area (Å²) < 4.78 is 16.0. The van der Waals surface area contributed by atoms with E-state index in [4.69, 9.17) is 14.2 Å². The van der Waals surface area contributed by atoms with Gasteiger partial charge in [0.05, 0.1) is 5.56 Å². The molecule has 0 saturated carbocycles. The summed E-state index contributed by atoms with van der Waals surface area (Å²) in [6.07, 6.45) is -2.73. The van der Waals surface area contributed by atoms with Crippen molar-refractivity contribution in [2.75, 3.05) is 12.4 Å². The number of esters is 1. The average Bonchev–Trinajstić information content (AvgIpc) is 3.29. The number of aliphatic carboxylic acids is 1. The molecule has 3 aromatic carbocycles. The molecular formula is C31H32N2O10S. The van der Waals surface area contributed by atoms with Crippen molar-refractivity contribution in [2.45, 2.75) is 44.4 Å². The van der Waals surface area contributed by atoms with E-state index in [0.717, 1.165) is 22.3 Å². The van der Waals surface area contributed by atoms with Crippen molar-refractivity contribution in [3.8, 4) is 11.1 Å². The van der Waals surface area contributed by atoms with Crippen LogP contribution >= 0.6 is 11.8 Å². The van der Waals surface area contributed by atoms with Gasteiger partial charge in [0.25, 0.3) is 0 Å². The molecule has 0 radical (unpaired) electrons. The Morgan fingerprint density at radius 1 is 0.955 bits per heavy atom. The number of benzene rings is 3. The minimum Gasteiger partial charge on any atom is -0.595 e. The third kappa shape index (κ3) is 7.94. The van der Waals surface area contributed by atoms with Crippen LogP contribution in [0.1, 0.15) is 49.5 Å². The molecule has 1 aliphatic rings. The topological polar surface area (TPSA) is 176 Å². The molecule has 232 valence electrons. The van der Waals surface area contributed by atoms with Crippen LogP contribution in [0.25, 0.3) is 11.1 Å². The average molecular weight is 625 g/mol. The maximum absolute atomic E-state index is 12.9. The number of hydrogen-bond acceptors (Lipinski definition) is 10. The summed E-state index contributed by atoms with van der Waals surface area (Å²) in [5.41, 5.74) is 2.67. The molecule has 3 atom stereocenters. The minimum atomic E-state index is -1.74. The predicted octanol–water partition coefficient (Wildman–Crippen LogP) is 4.33. The summed E-state index contributed by atoms with van der Waals surface area (Å²) in [4.78, 5) is 50.2. The van der Waals surface area contributed by atoms with Crippen LogP contribution in [0.4, 0.5) is 15.3 Å². The molecule has 13 heteroatoms. The van der Waals surface area contributed by atoms with Crippen LogP contribution in [0.15, 0.2) is 72.8 Å². The highest BCUT2D eigenvalue weighted by Gasteiger charge is 2.35. The van der Waals surface area contributed by atoms with Crippen molar-refractivity contribution in [3.05, 3.63) is 94.7 Å². The van der Waals surface area contributed by atoms with Gasteiger partial charge in [0.2, 0.25) is 6.10 Å².